The van der Waals surface area contributed by atoms with Crippen LogP contribution in [-0.4, -0.2) is 42.6 Å². The number of ether oxygens (including phenoxy) is 2. The van der Waals surface area contributed by atoms with E-state index in [0.29, 0.717) is 17.9 Å². The minimum atomic E-state index is -0.914. The Kier molecular flexibility index (Phi) is 9.15. The summed E-state index contributed by atoms with van der Waals surface area (Å²) in [5.74, 6) is -0.816. The van der Waals surface area contributed by atoms with Crippen molar-refractivity contribution in [3.63, 3.8) is 0 Å². The van der Waals surface area contributed by atoms with Gasteiger partial charge in [0.1, 0.15) is 11.8 Å². The van der Waals surface area contributed by atoms with E-state index in [1.807, 2.05) is 20.8 Å². The highest BCUT2D eigenvalue weighted by Crippen LogP contribution is 2.18. The number of hydrogen-bond acceptors (Lipinski definition) is 5. The molecule has 2 unspecified atom stereocenters. The first-order chi connectivity index (χ1) is 14.3. The maximum atomic E-state index is 12.7. The summed E-state index contributed by atoms with van der Waals surface area (Å²) in [6, 6.07) is 5.99. The molecule has 1 aliphatic carbocycles. The van der Waals surface area contributed by atoms with Crippen molar-refractivity contribution in [2.75, 3.05) is 6.61 Å². The number of carbonyl (C=O) groups is 3. The summed E-state index contributed by atoms with van der Waals surface area (Å²) in [7, 11) is 0. The monoisotopic (exact) mass is 418 g/mol. The maximum absolute atomic E-state index is 12.7. The zero-order chi connectivity index (χ0) is 22.1. The average Bonchev–Trinajstić information content (AvgIpc) is 2.73. The lowest BCUT2D eigenvalue weighted by molar-refractivity contribution is -0.157. The van der Waals surface area contributed by atoms with Crippen molar-refractivity contribution in [2.45, 2.75) is 78.0 Å². The molecule has 7 heteroatoms. The van der Waals surface area contributed by atoms with Crippen molar-refractivity contribution in [3.8, 4) is 5.75 Å². The van der Waals surface area contributed by atoms with Gasteiger partial charge in [0, 0.05) is 11.6 Å². The van der Waals surface area contributed by atoms with Gasteiger partial charge in [-0.2, -0.15) is 0 Å². The summed E-state index contributed by atoms with van der Waals surface area (Å²) in [4.78, 5) is 37.6. The lowest BCUT2D eigenvalue weighted by Gasteiger charge is -2.26. The van der Waals surface area contributed by atoms with Crippen LogP contribution in [0.1, 0.15) is 70.2 Å². The van der Waals surface area contributed by atoms with Crippen LogP contribution in [-0.2, 0) is 14.3 Å². The lowest BCUT2D eigenvalue weighted by Crippen LogP contribution is -2.48. The van der Waals surface area contributed by atoms with Crippen molar-refractivity contribution in [1.29, 1.82) is 0 Å². The highest BCUT2D eigenvalue weighted by atomic mass is 16.5. The smallest absolute Gasteiger partial charge is 0.329 e. The topological polar surface area (TPSA) is 93.7 Å². The Morgan fingerprint density at radius 2 is 1.67 bits per heavy atom. The third-order valence-electron chi connectivity index (χ3n) is 5.25. The van der Waals surface area contributed by atoms with Crippen LogP contribution in [0.25, 0.3) is 0 Å². The molecule has 1 saturated carbocycles. The van der Waals surface area contributed by atoms with Gasteiger partial charge in [-0.1, -0.05) is 33.1 Å². The predicted octanol–water partition coefficient (Wildman–Crippen LogP) is 3.22. The van der Waals surface area contributed by atoms with E-state index in [4.69, 9.17) is 9.47 Å². The third-order valence-corrected chi connectivity index (χ3v) is 5.25. The number of esters is 1. The number of carbonyl (C=O) groups excluding carboxylic acids is 3. The van der Waals surface area contributed by atoms with Gasteiger partial charge in [-0.25, -0.2) is 4.79 Å². The molecule has 2 N–H and O–H groups in total. The molecule has 1 aromatic carbocycles. The summed E-state index contributed by atoms with van der Waals surface area (Å²) >= 11 is 0. The van der Waals surface area contributed by atoms with E-state index in [2.05, 4.69) is 10.6 Å². The van der Waals surface area contributed by atoms with Crippen LogP contribution in [0.5, 0.6) is 5.75 Å². The zero-order valence-corrected chi connectivity index (χ0v) is 18.4. The molecule has 0 aliphatic heterocycles. The molecular formula is C23H34N2O5. The average molecular weight is 419 g/mol. The molecular weight excluding hydrogens is 384 g/mol. The van der Waals surface area contributed by atoms with Crippen molar-refractivity contribution >= 4 is 17.8 Å². The fourth-order valence-electron chi connectivity index (χ4n) is 3.46. The van der Waals surface area contributed by atoms with E-state index in [-0.39, 0.29) is 23.8 Å². The SMILES string of the molecule is CCOc1ccc(C(=O)NC(C(=O)OC(C)C(=O)NC2CCCCC2)C(C)C)cc1. The first-order valence-electron chi connectivity index (χ1n) is 10.9. The van der Waals surface area contributed by atoms with Gasteiger partial charge in [-0.15, -0.1) is 0 Å². The molecule has 1 aromatic rings. The van der Waals surface area contributed by atoms with E-state index >= 15 is 0 Å². The standard InChI is InChI=1S/C23H34N2O5/c1-5-29-19-13-11-17(12-14-19)22(27)25-20(15(2)3)23(28)30-16(4)21(26)24-18-9-7-6-8-10-18/h11-16,18,20H,5-10H2,1-4H3,(H,24,26)(H,25,27). The summed E-state index contributed by atoms with van der Waals surface area (Å²) < 4.78 is 10.8. The molecule has 2 amide bonds. The Bertz CT molecular complexity index is 711. The molecule has 1 fully saturated rings. The summed E-state index contributed by atoms with van der Waals surface area (Å²) in [6.07, 6.45) is 4.40. The molecule has 1 aliphatic rings. The zero-order valence-electron chi connectivity index (χ0n) is 18.4. The summed E-state index contributed by atoms with van der Waals surface area (Å²) in [6.45, 7) is 7.62. The van der Waals surface area contributed by atoms with Gasteiger partial charge in [0.05, 0.1) is 6.61 Å². The summed E-state index contributed by atoms with van der Waals surface area (Å²) in [5.41, 5.74) is 0.417. The highest BCUT2D eigenvalue weighted by molar-refractivity contribution is 5.97. The molecule has 0 saturated heterocycles. The molecule has 0 spiro atoms. The Morgan fingerprint density at radius 1 is 1.03 bits per heavy atom. The predicted molar refractivity (Wildman–Crippen MR) is 114 cm³/mol. The minimum absolute atomic E-state index is 0.146. The molecule has 30 heavy (non-hydrogen) atoms. The van der Waals surface area contributed by atoms with E-state index in [0.717, 1.165) is 25.7 Å². The molecule has 2 rings (SSSR count). The molecule has 0 radical (unpaired) electrons. The Morgan fingerprint density at radius 3 is 2.23 bits per heavy atom. The van der Waals surface area contributed by atoms with Crippen molar-refractivity contribution < 1.29 is 23.9 Å². The second kappa shape index (κ2) is 11.6. The first kappa shape index (κ1) is 23.7. The van der Waals surface area contributed by atoms with Gasteiger partial charge in [-0.05, 0) is 56.9 Å². The molecule has 2 atom stereocenters. The van der Waals surface area contributed by atoms with Crippen LogP contribution < -0.4 is 15.4 Å². The second-order valence-electron chi connectivity index (χ2n) is 8.08. The maximum Gasteiger partial charge on any atom is 0.329 e. The minimum Gasteiger partial charge on any atom is -0.494 e. The molecule has 0 heterocycles. The van der Waals surface area contributed by atoms with Crippen LogP contribution in [0.3, 0.4) is 0 Å². The number of nitrogens with one attached hydrogen (secondary N) is 2. The molecule has 0 bridgehead atoms. The Balaban J connectivity index is 1.92. The Labute approximate surface area is 178 Å². The van der Waals surface area contributed by atoms with Crippen molar-refractivity contribution in [2.24, 2.45) is 5.92 Å². The fraction of sp³-hybridized carbons (Fsp3) is 0.609. The van der Waals surface area contributed by atoms with Crippen LogP contribution in [0, 0.1) is 5.92 Å². The first-order valence-corrected chi connectivity index (χ1v) is 10.9. The number of benzene rings is 1. The number of hydrogen-bond donors (Lipinski definition) is 2. The quantitative estimate of drug-likeness (QED) is 0.601. The largest absolute Gasteiger partial charge is 0.494 e. The van der Waals surface area contributed by atoms with Crippen LogP contribution in [0.4, 0.5) is 0 Å². The lowest BCUT2D eigenvalue weighted by atomic mass is 9.95. The number of amides is 2. The molecule has 166 valence electrons. The van der Waals surface area contributed by atoms with Gasteiger partial charge in [0.2, 0.25) is 0 Å². The third kappa shape index (κ3) is 7.04. The number of rotatable bonds is 9. The van der Waals surface area contributed by atoms with Crippen LogP contribution in [0.2, 0.25) is 0 Å². The van der Waals surface area contributed by atoms with Crippen molar-refractivity contribution in [1.82, 2.24) is 10.6 Å². The molecule has 7 nitrogen and oxygen atoms in total. The normalized spacial score (nSPS) is 16.4. The van der Waals surface area contributed by atoms with Gasteiger partial charge in [0.15, 0.2) is 6.10 Å². The second-order valence-corrected chi connectivity index (χ2v) is 8.08. The van der Waals surface area contributed by atoms with Gasteiger partial charge in [0.25, 0.3) is 11.8 Å². The van der Waals surface area contributed by atoms with Gasteiger partial charge in [-0.3, -0.25) is 9.59 Å². The Hall–Kier alpha value is -2.57. The van der Waals surface area contributed by atoms with Crippen LogP contribution in [0.15, 0.2) is 24.3 Å². The fourth-order valence-corrected chi connectivity index (χ4v) is 3.46. The van der Waals surface area contributed by atoms with Crippen molar-refractivity contribution in [3.05, 3.63) is 29.8 Å². The molecule has 0 aromatic heterocycles. The van der Waals surface area contributed by atoms with Crippen LogP contribution >= 0.6 is 0 Å². The van der Waals surface area contributed by atoms with E-state index in [1.165, 1.54) is 6.42 Å². The highest BCUT2D eigenvalue weighted by Gasteiger charge is 2.30. The van der Waals surface area contributed by atoms with Gasteiger partial charge < -0.3 is 20.1 Å². The van der Waals surface area contributed by atoms with E-state index in [1.54, 1.807) is 31.2 Å². The van der Waals surface area contributed by atoms with E-state index in [9.17, 15) is 14.4 Å². The van der Waals surface area contributed by atoms with E-state index < -0.39 is 18.1 Å². The van der Waals surface area contributed by atoms with Gasteiger partial charge >= 0.3 is 5.97 Å². The summed E-state index contributed by atoms with van der Waals surface area (Å²) in [5, 5.41) is 5.68.